The molecule has 0 bridgehead atoms. The van der Waals surface area contributed by atoms with Crippen molar-refractivity contribution in [2.24, 2.45) is 0 Å². The minimum atomic E-state index is -0.237. The van der Waals surface area contributed by atoms with Gasteiger partial charge in [-0.2, -0.15) is 0 Å². The van der Waals surface area contributed by atoms with E-state index in [2.05, 4.69) is 18.7 Å². The second-order valence-electron chi connectivity index (χ2n) is 8.71. The fraction of sp³-hybridized carbons (Fsp3) is 0.478. The van der Waals surface area contributed by atoms with E-state index < -0.39 is 0 Å². The number of likely N-dealkylation sites (tertiary alicyclic amines) is 1. The Morgan fingerprint density at radius 2 is 1.90 bits per heavy atom. The minimum Gasteiger partial charge on any atom is -0.361 e. The van der Waals surface area contributed by atoms with Crippen LogP contribution in [0.3, 0.4) is 0 Å². The standard InChI is InChI=1S/C23H28FN3O2/c1-23(2)16-20-19(27(23)18-10-8-17(24)9-11-18)6-5-14-26(20)22(29)12-15-25-13-4-3-7-21(25)28/h3-4,7-11,13,19-20H,5-6,12,14-16H2,1-2H3/t19-,20-/m0/s1. The first-order valence-corrected chi connectivity index (χ1v) is 10.4. The smallest absolute Gasteiger partial charge is 0.250 e. The zero-order valence-corrected chi connectivity index (χ0v) is 17.1. The highest BCUT2D eigenvalue weighted by Crippen LogP contribution is 2.43. The average molecular weight is 397 g/mol. The summed E-state index contributed by atoms with van der Waals surface area (Å²) < 4.78 is 15.0. The molecule has 3 heterocycles. The van der Waals surface area contributed by atoms with Gasteiger partial charge in [0.1, 0.15) is 5.82 Å². The Labute approximate surface area is 170 Å². The van der Waals surface area contributed by atoms with Gasteiger partial charge in [0.25, 0.3) is 5.56 Å². The Bertz CT molecular complexity index is 938. The summed E-state index contributed by atoms with van der Waals surface area (Å²) in [6, 6.07) is 12.1. The second kappa shape index (κ2) is 7.65. The van der Waals surface area contributed by atoms with Crippen LogP contribution in [0.25, 0.3) is 0 Å². The first-order chi connectivity index (χ1) is 13.9. The van der Waals surface area contributed by atoms with E-state index in [4.69, 9.17) is 0 Å². The molecule has 2 atom stereocenters. The van der Waals surface area contributed by atoms with Crippen LogP contribution < -0.4 is 10.5 Å². The third-order valence-corrected chi connectivity index (χ3v) is 6.33. The van der Waals surface area contributed by atoms with Crippen molar-refractivity contribution in [1.29, 1.82) is 0 Å². The van der Waals surface area contributed by atoms with Gasteiger partial charge in [-0.1, -0.05) is 6.07 Å². The molecule has 2 saturated heterocycles. The highest BCUT2D eigenvalue weighted by Gasteiger charge is 2.50. The van der Waals surface area contributed by atoms with E-state index in [-0.39, 0.29) is 34.9 Å². The van der Waals surface area contributed by atoms with Crippen LogP contribution in [0.1, 0.15) is 39.5 Å². The second-order valence-corrected chi connectivity index (χ2v) is 8.71. The van der Waals surface area contributed by atoms with Crippen LogP contribution in [0.2, 0.25) is 0 Å². The van der Waals surface area contributed by atoms with Gasteiger partial charge in [0.15, 0.2) is 0 Å². The van der Waals surface area contributed by atoms with E-state index in [1.807, 2.05) is 23.1 Å². The van der Waals surface area contributed by atoms with Crippen molar-refractivity contribution in [3.8, 4) is 0 Å². The minimum absolute atomic E-state index is 0.0821. The van der Waals surface area contributed by atoms with Crippen LogP contribution >= 0.6 is 0 Å². The zero-order valence-electron chi connectivity index (χ0n) is 17.1. The highest BCUT2D eigenvalue weighted by atomic mass is 19.1. The van der Waals surface area contributed by atoms with Crippen molar-refractivity contribution in [3.05, 3.63) is 64.8 Å². The van der Waals surface area contributed by atoms with E-state index in [1.165, 1.54) is 18.2 Å². The highest BCUT2D eigenvalue weighted by molar-refractivity contribution is 5.77. The number of amides is 1. The van der Waals surface area contributed by atoms with E-state index in [0.29, 0.717) is 13.0 Å². The monoisotopic (exact) mass is 397 g/mol. The molecular weight excluding hydrogens is 369 g/mol. The third kappa shape index (κ3) is 3.80. The molecule has 0 aliphatic carbocycles. The topological polar surface area (TPSA) is 45.6 Å². The number of hydrogen-bond acceptors (Lipinski definition) is 3. The van der Waals surface area contributed by atoms with E-state index >= 15 is 0 Å². The molecule has 2 aliphatic heterocycles. The summed E-state index contributed by atoms with van der Waals surface area (Å²) in [4.78, 5) is 29.4. The van der Waals surface area contributed by atoms with E-state index in [9.17, 15) is 14.0 Å². The van der Waals surface area contributed by atoms with Gasteiger partial charge in [-0.05, 0) is 63.4 Å². The summed E-state index contributed by atoms with van der Waals surface area (Å²) in [5.74, 6) is -0.133. The number of carbonyl (C=O) groups is 1. The summed E-state index contributed by atoms with van der Waals surface area (Å²) in [5, 5.41) is 0. The molecule has 4 rings (SSSR count). The number of anilines is 1. The number of piperidine rings is 1. The number of hydrogen-bond donors (Lipinski definition) is 0. The molecular formula is C23H28FN3O2. The molecule has 154 valence electrons. The summed E-state index contributed by atoms with van der Waals surface area (Å²) in [5.41, 5.74) is 0.808. The average Bonchev–Trinajstić information content (AvgIpc) is 2.97. The van der Waals surface area contributed by atoms with Crippen molar-refractivity contribution in [1.82, 2.24) is 9.47 Å². The maximum absolute atomic E-state index is 13.4. The molecule has 5 nitrogen and oxygen atoms in total. The lowest BCUT2D eigenvalue weighted by Gasteiger charge is -2.42. The van der Waals surface area contributed by atoms with Gasteiger partial charge in [-0.3, -0.25) is 9.59 Å². The van der Waals surface area contributed by atoms with Crippen LogP contribution in [0, 0.1) is 5.82 Å². The molecule has 0 saturated carbocycles. The van der Waals surface area contributed by atoms with Crippen LogP contribution in [0.15, 0.2) is 53.5 Å². The number of pyridine rings is 1. The number of nitrogens with zero attached hydrogens (tertiary/aromatic N) is 3. The fourth-order valence-electron chi connectivity index (χ4n) is 5.10. The lowest BCUT2D eigenvalue weighted by Crippen LogP contribution is -2.53. The maximum atomic E-state index is 13.4. The molecule has 2 aromatic rings. The summed E-state index contributed by atoms with van der Waals surface area (Å²) >= 11 is 0. The molecule has 0 radical (unpaired) electrons. The molecule has 2 fully saturated rings. The number of carbonyl (C=O) groups excluding carboxylic acids is 1. The Morgan fingerprint density at radius 1 is 1.14 bits per heavy atom. The SMILES string of the molecule is CC1(C)C[C@H]2[C@H](CCCN2C(=O)CCn2ccccc2=O)N1c1ccc(F)cc1. The van der Waals surface area contributed by atoms with Gasteiger partial charge in [0.2, 0.25) is 5.91 Å². The normalized spacial score (nSPS) is 23.1. The van der Waals surface area contributed by atoms with Gasteiger partial charge in [0.05, 0.1) is 12.1 Å². The zero-order chi connectivity index (χ0) is 20.6. The molecule has 0 N–H and O–H groups in total. The molecule has 6 heteroatoms. The molecule has 1 aromatic carbocycles. The van der Waals surface area contributed by atoms with Crippen LogP contribution in [-0.4, -0.2) is 39.5 Å². The predicted octanol–water partition coefficient (Wildman–Crippen LogP) is 3.43. The third-order valence-electron chi connectivity index (χ3n) is 6.33. The van der Waals surface area contributed by atoms with Gasteiger partial charge in [-0.15, -0.1) is 0 Å². The van der Waals surface area contributed by atoms with E-state index in [1.54, 1.807) is 16.8 Å². The largest absolute Gasteiger partial charge is 0.361 e. The first-order valence-electron chi connectivity index (χ1n) is 10.4. The van der Waals surface area contributed by atoms with E-state index in [0.717, 1.165) is 31.5 Å². The summed E-state index contributed by atoms with van der Waals surface area (Å²) in [6.45, 7) is 5.55. The molecule has 1 amide bonds. The van der Waals surface area contributed by atoms with Gasteiger partial charge >= 0.3 is 0 Å². The van der Waals surface area contributed by atoms with Crippen LogP contribution in [0.5, 0.6) is 0 Å². The Balaban J connectivity index is 1.52. The van der Waals surface area contributed by atoms with Crippen molar-refractivity contribution >= 4 is 11.6 Å². The molecule has 29 heavy (non-hydrogen) atoms. The number of aryl methyl sites for hydroxylation is 1. The number of halogens is 1. The number of fused-ring (bicyclic) bond motifs is 1. The Kier molecular flexibility index (Phi) is 5.19. The molecule has 2 aliphatic rings. The Hall–Kier alpha value is -2.63. The number of aromatic nitrogens is 1. The van der Waals surface area contributed by atoms with Gasteiger partial charge < -0.3 is 14.4 Å². The first kappa shape index (κ1) is 19.7. The maximum Gasteiger partial charge on any atom is 0.250 e. The van der Waals surface area contributed by atoms with Crippen molar-refractivity contribution in [2.45, 2.75) is 63.7 Å². The Morgan fingerprint density at radius 3 is 2.62 bits per heavy atom. The van der Waals surface area contributed by atoms with Crippen molar-refractivity contribution in [3.63, 3.8) is 0 Å². The van der Waals surface area contributed by atoms with Crippen molar-refractivity contribution in [2.75, 3.05) is 11.4 Å². The van der Waals surface area contributed by atoms with Crippen LogP contribution in [-0.2, 0) is 11.3 Å². The fourth-order valence-corrected chi connectivity index (χ4v) is 5.10. The quantitative estimate of drug-likeness (QED) is 0.794. The lowest BCUT2D eigenvalue weighted by molar-refractivity contribution is -0.135. The van der Waals surface area contributed by atoms with Gasteiger partial charge in [0, 0.05) is 43.0 Å². The summed E-state index contributed by atoms with van der Waals surface area (Å²) in [7, 11) is 0. The number of benzene rings is 1. The van der Waals surface area contributed by atoms with Gasteiger partial charge in [-0.25, -0.2) is 4.39 Å². The van der Waals surface area contributed by atoms with Crippen molar-refractivity contribution < 1.29 is 9.18 Å². The lowest BCUT2D eigenvalue weighted by atomic mass is 9.94. The van der Waals surface area contributed by atoms with Crippen LogP contribution in [0.4, 0.5) is 10.1 Å². The molecule has 1 aromatic heterocycles. The summed E-state index contributed by atoms with van der Waals surface area (Å²) in [6.07, 6.45) is 4.90. The molecule has 0 unspecified atom stereocenters. The predicted molar refractivity (Wildman–Crippen MR) is 111 cm³/mol. The molecule has 0 spiro atoms. The number of rotatable bonds is 4.